The zero-order valence-electron chi connectivity index (χ0n) is 19.0. The molecule has 1 aliphatic rings. The van der Waals surface area contributed by atoms with Crippen molar-refractivity contribution in [2.45, 2.75) is 19.4 Å². The summed E-state index contributed by atoms with van der Waals surface area (Å²) in [6, 6.07) is 9.22. The fourth-order valence-electron chi connectivity index (χ4n) is 3.86. The summed E-state index contributed by atoms with van der Waals surface area (Å²) in [4.78, 5) is 19.0. The van der Waals surface area contributed by atoms with Crippen LogP contribution < -0.4 is 10.1 Å². The van der Waals surface area contributed by atoms with E-state index in [0.29, 0.717) is 42.0 Å². The highest BCUT2D eigenvalue weighted by atomic mass is 19.1. The number of benzene rings is 2. The van der Waals surface area contributed by atoms with Crippen molar-refractivity contribution in [3.05, 3.63) is 71.3 Å². The number of amides is 2. The van der Waals surface area contributed by atoms with Crippen LogP contribution in [0, 0.1) is 11.6 Å². The van der Waals surface area contributed by atoms with Crippen LogP contribution in [0.15, 0.2) is 52.7 Å². The van der Waals surface area contributed by atoms with Gasteiger partial charge in [0, 0.05) is 31.5 Å². The molecule has 178 valence electrons. The molecule has 0 radical (unpaired) electrons. The maximum Gasteiger partial charge on any atom is 0.322 e. The van der Waals surface area contributed by atoms with Crippen LogP contribution in [0.25, 0.3) is 17.0 Å². The lowest BCUT2D eigenvalue weighted by Crippen LogP contribution is -2.46. The number of hydrogen-bond donors (Lipinski definition) is 1. The number of urea groups is 1. The molecule has 2 heterocycles. The molecular weight excluding hydrogens is 446 g/mol. The molecule has 2 aromatic carbocycles. The van der Waals surface area contributed by atoms with Gasteiger partial charge in [-0.05, 0) is 49.2 Å². The number of rotatable bonds is 8. The number of aromatic nitrogens is 2. The molecule has 0 aliphatic carbocycles. The Hall–Kier alpha value is -3.79. The third-order valence-corrected chi connectivity index (χ3v) is 5.60. The Kier molecular flexibility index (Phi) is 6.87. The minimum atomic E-state index is -0.646. The summed E-state index contributed by atoms with van der Waals surface area (Å²) in [5.74, 6) is -0.507. The highest BCUT2D eigenvalue weighted by Crippen LogP contribution is 2.37. The Morgan fingerprint density at radius 1 is 1.15 bits per heavy atom. The van der Waals surface area contributed by atoms with Crippen LogP contribution in [0.4, 0.5) is 13.6 Å². The fourth-order valence-corrected chi connectivity index (χ4v) is 3.86. The minimum absolute atomic E-state index is 0.101. The first-order valence-electron chi connectivity index (χ1n) is 10.6. The number of nitrogens with zero attached hydrogens (tertiary/aromatic N) is 3. The van der Waals surface area contributed by atoms with Gasteiger partial charge in [0.1, 0.15) is 5.82 Å². The van der Waals surface area contributed by atoms with E-state index >= 15 is 0 Å². The Bertz CT molecular complexity index is 1210. The van der Waals surface area contributed by atoms with Crippen molar-refractivity contribution in [3.63, 3.8) is 0 Å². The van der Waals surface area contributed by atoms with Gasteiger partial charge in [0.15, 0.2) is 11.6 Å². The molecule has 0 saturated heterocycles. The maximum absolute atomic E-state index is 14.2. The quantitative estimate of drug-likeness (QED) is 0.486. The summed E-state index contributed by atoms with van der Waals surface area (Å²) in [5, 5.41) is 6.96. The second-order valence-corrected chi connectivity index (χ2v) is 7.70. The number of nitrogens with one attached hydrogen (secondary N) is 1. The van der Waals surface area contributed by atoms with Crippen molar-refractivity contribution in [2.24, 2.45) is 0 Å². The lowest BCUT2D eigenvalue weighted by atomic mass is 9.94. The number of methoxy groups -OCH3 is 2. The van der Waals surface area contributed by atoms with Crippen LogP contribution in [0.3, 0.4) is 0 Å². The fraction of sp³-hybridized carbons (Fsp3) is 0.292. The van der Waals surface area contributed by atoms with Gasteiger partial charge in [0.05, 0.1) is 18.7 Å². The Balaban J connectivity index is 1.76. The summed E-state index contributed by atoms with van der Waals surface area (Å²) < 4.78 is 43.4. The first-order chi connectivity index (χ1) is 16.4. The molecular formula is C24H24F2N4O4. The average Bonchev–Trinajstić information content (AvgIpc) is 3.31. The highest BCUT2D eigenvalue weighted by molar-refractivity contribution is 5.86. The lowest BCUT2D eigenvalue weighted by Gasteiger charge is -2.35. The molecule has 1 aromatic heterocycles. The topological polar surface area (TPSA) is 89.7 Å². The van der Waals surface area contributed by atoms with Gasteiger partial charge in [-0.3, -0.25) is 4.90 Å². The lowest BCUT2D eigenvalue weighted by molar-refractivity contribution is 0.174. The van der Waals surface area contributed by atoms with E-state index in [9.17, 15) is 13.6 Å². The maximum atomic E-state index is 14.2. The minimum Gasteiger partial charge on any atom is -0.494 e. The van der Waals surface area contributed by atoms with Gasteiger partial charge >= 0.3 is 6.03 Å². The van der Waals surface area contributed by atoms with Crippen molar-refractivity contribution >= 4 is 11.6 Å². The summed E-state index contributed by atoms with van der Waals surface area (Å²) >= 11 is 0. The zero-order valence-corrected chi connectivity index (χ0v) is 19.0. The Morgan fingerprint density at radius 3 is 2.59 bits per heavy atom. The zero-order chi connectivity index (χ0) is 24.2. The van der Waals surface area contributed by atoms with Crippen molar-refractivity contribution in [2.75, 3.05) is 27.4 Å². The normalized spacial score (nSPS) is 16.1. The third kappa shape index (κ3) is 4.62. The van der Waals surface area contributed by atoms with E-state index in [0.717, 1.165) is 0 Å². The highest BCUT2D eigenvalue weighted by Gasteiger charge is 2.35. The molecule has 0 bridgehead atoms. The number of ether oxygens (including phenoxy) is 2. The third-order valence-electron chi connectivity index (χ3n) is 5.60. The molecule has 34 heavy (non-hydrogen) atoms. The Labute approximate surface area is 195 Å². The van der Waals surface area contributed by atoms with Crippen LogP contribution in [-0.2, 0) is 4.74 Å². The Morgan fingerprint density at radius 2 is 1.91 bits per heavy atom. The predicted octanol–water partition coefficient (Wildman–Crippen LogP) is 4.56. The molecule has 4 rings (SSSR count). The van der Waals surface area contributed by atoms with E-state index in [2.05, 4.69) is 15.5 Å². The van der Waals surface area contributed by atoms with Gasteiger partial charge in [0.2, 0.25) is 5.82 Å². The van der Waals surface area contributed by atoms with Gasteiger partial charge in [-0.15, -0.1) is 0 Å². The van der Waals surface area contributed by atoms with Crippen molar-refractivity contribution in [1.29, 1.82) is 0 Å². The molecule has 0 fully saturated rings. The van der Waals surface area contributed by atoms with Crippen molar-refractivity contribution in [3.8, 4) is 17.1 Å². The number of carbonyl (C=O) groups is 1. The molecule has 2 amide bonds. The van der Waals surface area contributed by atoms with E-state index in [4.69, 9.17) is 14.0 Å². The van der Waals surface area contributed by atoms with Gasteiger partial charge in [-0.2, -0.15) is 4.98 Å². The largest absolute Gasteiger partial charge is 0.494 e. The summed E-state index contributed by atoms with van der Waals surface area (Å²) in [7, 11) is 2.97. The van der Waals surface area contributed by atoms with Gasteiger partial charge < -0.3 is 19.3 Å². The molecule has 10 heteroatoms. The van der Waals surface area contributed by atoms with E-state index in [1.807, 2.05) is 0 Å². The monoisotopic (exact) mass is 470 g/mol. The van der Waals surface area contributed by atoms with Gasteiger partial charge in [-0.1, -0.05) is 17.3 Å². The van der Waals surface area contributed by atoms with Gasteiger partial charge in [0.25, 0.3) is 5.89 Å². The molecule has 1 aliphatic heterocycles. The smallest absolute Gasteiger partial charge is 0.322 e. The molecule has 3 aromatic rings. The van der Waals surface area contributed by atoms with Crippen LogP contribution in [-0.4, -0.2) is 48.4 Å². The number of carbonyl (C=O) groups excluding carboxylic acids is 1. The standard InChI is InChI=1S/C24H24F2N4O4/c1-14-20(23-28-22(29-34-23)16-7-10-19(33-3)18(26)13-16)21(15-5-8-17(25)9-6-15)27-24(31)30(14)11-4-12-32-2/h5-10,13,21H,4,11-12H2,1-3H3,(H,27,31). The average molecular weight is 470 g/mol. The van der Waals surface area contributed by atoms with E-state index in [1.54, 1.807) is 37.1 Å². The summed E-state index contributed by atoms with van der Waals surface area (Å²) in [6.07, 6.45) is 0.621. The van der Waals surface area contributed by atoms with Crippen LogP contribution in [0.2, 0.25) is 0 Å². The number of hydrogen-bond acceptors (Lipinski definition) is 6. The van der Waals surface area contributed by atoms with Crippen molar-refractivity contribution < 1.29 is 27.6 Å². The molecule has 0 saturated carbocycles. The van der Waals surface area contributed by atoms with Crippen LogP contribution in [0.1, 0.15) is 30.8 Å². The molecule has 0 spiro atoms. The van der Waals surface area contributed by atoms with Crippen molar-refractivity contribution in [1.82, 2.24) is 20.4 Å². The molecule has 8 nitrogen and oxygen atoms in total. The van der Waals surface area contributed by atoms with Crippen LogP contribution in [0.5, 0.6) is 5.75 Å². The van der Waals surface area contributed by atoms with E-state index in [1.165, 1.54) is 31.4 Å². The molecule has 1 N–H and O–H groups in total. The molecule has 1 atom stereocenters. The van der Waals surface area contributed by atoms with Gasteiger partial charge in [-0.25, -0.2) is 13.6 Å². The first kappa shape index (κ1) is 23.4. The first-order valence-corrected chi connectivity index (χ1v) is 10.6. The van der Waals surface area contributed by atoms with E-state index < -0.39 is 17.7 Å². The predicted molar refractivity (Wildman–Crippen MR) is 120 cm³/mol. The van der Waals surface area contributed by atoms with Crippen LogP contribution >= 0.6 is 0 Å². The number of halogens is 2. The summed E-state index contributed by atoms with van der Waals surface area (Å²) in [5.41, 5.74) is 2.24. The summed E-state index contributed by atoms with van der Waals surface area (Å²) in [6.45, 7) is 2.69. The number of allylic oxidation sites excluding steroid dienone is 1. The molecule has 1 unspecified atom stereocenters. The SMILES string of the molecule is COCCCN1C(=O)NC(c2ccc(F)cc2)C(c2nc(-c3ccc(OC)c(F)c3)no2)=C1C. The van der Waals surface area contributed by atoms with E-state index in [-0.39, 0.29) is 23.5 Å². The second-order valence-electron chi connectivity index (χ2n) is 7.70. The second kappa shape index (κ2) is 10.0.